The highest BCUT2D eigenvalue weighted by atomic mass is 16.5. The highest BCUT2D eigenvalue weighted by molar-refractivity contribution is 5.90. The number of hydrogen-bond acceptors (Lipinski definition) is 7. The summed E-state index contributed by atoms with van der Waals surface area (Å²) in [5.41, 5.74) is 3.84. The molecule has 0 spiro atoms. The van der Waals surface area contributed by atoms with Crippen molar-refractivity contribution in [2.24, 2.45) is 5.10 Å². The molecule has 1 aromatic heterocycles. The van der Waals surface area contributed by atoms with Crippen LogP contribution in [0.2, 0.25) is 0 Å². The molecular formula is C22H27N3O5. The van der Waals surface area contributed by atoms with Crippen LogP contribution in [0.3, 0.4) is 0 Å². The summed E-state index contributed by atoms with van der Waals surface area (Å²) in [5.74, 6) is 0.651. The molecule has 3 rings (SSSR count). The van der Waals surface area contributed by atoms with E-state index in [4.69, 9.17) is 13.9 Å². The van der Waals surface area contributed by atoms with Gasteiger partial charge in [-0.1, -0.05) is 25.5 Å². The molecule has 0 radical (unpaired) electrons. The highest BCUT2D eigenvalue weighted by Crippen LogP contribution is 2.22. The van der Waals surface area contributed by atoms with Crippen LogP contribution in [0.25, 0.3) is 11.3 Å². The van der Waals surface area contributed by atoms with E-state index in [0.717, 1.165) is 31.5 Å². The first-order valence-electron chi connectivity index (χ1n) is 10.1. The molecule has 0 bridgehead atoms. The minimum Gasteiger partial charge on any atom is -0.462 e. The second-order valence-electron chi connectivity index (χ2n) is 6.95. The molecule has 0 aliphatic carbocycles. The SMILES string of the molecule is CCCCOC(=O)c1ccc(-c2ccc(/C=N\NC(=O)CN3CCOCC3)o2)cc1. The molecule has 1 N–H and O–H groups in total. The van der Waals surface area contributed by atoms with Gasteiger partial charge in [0.15, 0.2) is 0 Å². The van der Waals surface area contributed by atoms with Crippen LogP contribution in [0.4, 0.5) is 0 Å². The molecule has 160 valence electrons. The third-order valence-electron chi connectivity index (χ3n) is 4.61. The lowest BCUT2D eigenvalue weighted by Gasteiger charge is -2.25. The second kappa shape index (κ2) is 11.3. The summed E-state index contributed by atoms with van der Waals surface area (Å²) in [6.07, 6.45) is 3.29. The molecule has 1 fully saturated rings. The van der Waals surface area contributed by atoms with Gasteiger partial charge in [0.1, 0.15) is 11.5 Å². The molecule has 30 heavy (non-hydrogen) atoms. The largest absolute Gasteiger partial charge is 0.462 e. The lowest BCUT2D eigenvalue weighted by Crippen LogP contribution is -2.42. The van der Waals surface area contributed by atoms with E-state index >= 15 is 0 Å². The Morgan fingerprint density at radius 1 is 1.17 bits per heavy atom. The minimum atomic E-state index is -0.324. The van der Waals surface area contributed by atoms with Gasteiger partial charge < -0.3 is 13.9 Å². The summed E-state index contributed by atoms with van der Waals surface area (Å²) >= 11 is 0. The number of benzene rings is 1. The average Bonchev–Trinajstić information content (AvgIpc) is 3.23. The van der Waals surface area contributed by atoms with E-state index in [1.54, 1.807) is 30.3 Å². The summed E-state index contributed by atoms with van der Waals surface area (Å²) < 4.78 is 16.2. The van der Waals surface area contributed by atoms with Crippen molar-refractivity contribution in [3.63, 3.8) is 0 Å². The summed E-state index contributed by atoms with van der Waals surface area (Å²) in [6, 6.07) is 10.6. The zero-order chi connectivity index (χ0) is 21.2. The Morgan fingerprint density at radius 2 is 1.93 bits per heavy atom. The summed E-state index contributed by atoms with van der Waals surface area (Å²) in [7, 11) is 0. The number of carbonyl (C=O) groups excluding carboxylic acids is 2. The van der Waals surface area contributed by atoms with Crippen molar-refractivity contribution in [1.82, 2.24) is 10.3 Å². The molecule has 8 heteroatoms. The van der Waals surface area contributed by atoms with Crippen molar-refractivity contribution in [3.8, 4) is 11.3 Å². The lowest BCUT2D eigenvalue weighted by molar-refractivity contribution is -0.123. The maximum Gasteiger partial charge on any atom is 0.338 e. The topological polar surface area (TPSA) is 93.4 Å². The van der Waals surface area contributed by atoms with E-state index in [-0.39, 0.29) is 18.4 Å². The van der Waals surface area contributed by atoms with Crippen molar-refractivity contribution in [1.29, 1.82) is 0 Å². The molecule has 0 saturated carbocycles. The molecule has 2 heterocycles. The maximum absolute atomic E-state index is 12.0. The van der Waals surface area contributed by atoms with Crippen LogP contribution >= 0.6 is 0 Å². The Morgan fingerprint density at radius 3 is 2.67 bits per heavy atom. The van der Waals surface area contributed by atoms with Gasteiger partial charge in [0.25, 0.3) is 5.91 Å². The Balaban J connectivity index is 1.49. The minimum absolute atomic E-state index is 0.179. The van der Waals surface area contributed by atoms with E-state index in [0.29, 0.717) is 36.9 Å². The van der Waals surface area contributed by atoms with Crippen molar-refractivity contribution in [3.05, 3.63) is 47.7 Å². The van der Waals surface area contributed by atoms with Crippen LogP contribution in [-0.2, 0) is 14.3 Å². The maximum atomic E-state index is 12.0. The van der Waals surface area contributed by atoms with Gasteiger partial charge in [-0.05, 0) is 30.7 Å². The average molecular weight is 413 g/mol. The molecule has 1 aliphatic rings. The molecule has 1 aromatic carbocycles. The number of unbranched alkanes of at least 4 members (excludes halogenated alkanes) is 1. The summed E-state index contributed by atoms with van der Waals surface area (Å²) in [4.78, 5) is 25.9. The summed E-state index contributed by atoms with van der Waals surface area (Å²) in [6.45, 7) is 5.55. The number of furan rings is 1. The molecule has 0 unspecified atom stereocenters. The quantitative estimate of drug-likeness (QED) is 0.294. The fraction of sp³-hybridized carbons (Fsp3) is 0.409. The first-order chi connectivity index (χ1) is 14.7. The normalized spacial score (nSPS) is 14.7. The van der Waals surface area contributed by atoms with Crippen LogP contribution in [0.15, 0.2) is 45.9 Å². The predicted molar refractivity (Wildman–Crippen MR) is 112 cm³/mol. The van der Waals surface area contributed by atoms with Crippen LogP contribution in [0, 0.1) is 0 Å². The van der Waals surface area contributed by atoms with E-state index in [2.05, 4.69) is 10.5 Å². The number of morpholine rings is 1. The first kappa shape index (κ1) is 21.7. The zero-order valence-electron chi connectivity index (χ0n) is 17.1. The molecule has 8 nitrogen and oxygen atoms in total. The number of amides is 1. The van der Waals surface area contributed by atoms with Crippen LogP contribution in [0.1, 0.15) is 35.9 Å². The molecular weight excluding hydrogens is 386 g/mol. The van der Waals surface area contributed by atoms with Gasteiger partial charge in [0, 0.05) is 18.7 Å². The van der Waals surface area contributed by atoms with Crippen molar-refractivity contribution in [2.75, 3.05) is 39.5 Å². The number of hydrogen-bond donors (Lipinski definition) is 1. The third kappa shape index (κ3) is 6.53. The lowest BCUT2D eigenvalue weighted by atomic mass is 10.1. The smallest absolute Gasteiger partial charge is 0.338 e. The van der Waals surface area contributed by atoms with E-state index in [1.165, 1.54) is 6.21 Å². The van der Waals surface area contributed by atoms with E-state index in [9.17, 15) is 9.59 Å². The number of ether oxygens (including phenoxy) is 2. The summed E-state index contributed by atoms with van der Waals surface area (Å²) in [5, 5.41) is 3.95. The number of esters is 1. The molecule has 1 aliphatic heterocycles. The standard InChI is InChI=1S/C22H27N3O5/c1-2-3-12-29-22(27)18-6-4-17(5-7-18)20-9-8-19(30-20)15-23-24-21(26)16-25-10-13-28-14-11-25/h4-9,15H,2-3,10-14,16H2,1H3,(H,24,26)/b23-15-. The molecule has 1 saturated heterocycles. The zero-order valence-corrected chi connectivity index (χ0v) is 17.1. The first-order valence-corrected chi connectivity index (χ1v) is 10.1. The number of nitrogens with zero attached hydrogens (tertiary/aromatic N) is 2. The van der Waals surface area contributed by atoms with Crippen molar-refractivity contribution >= 4 is 18.1 Å². The monoisotopic (exact) mass is 413 g/mol. The number of nitrogens with one attached hydrogen (secondary N) is 1. The Hall–Kier alpha value is -2.97. The Bertz CT molecular complexity index is 854. The second-order valence-corrected chi connectivity index (χ2v) is 6.95. The van der Waals surface area contributed by atoms with Gasteiger partial charge in [-0.2, -0.15) is 5.10 Å². The van der Waals surface area contributed by atoms with Crippen molar-refractivity contribution < 1.29 is 23.5 Å². The molecule has 2 aromatic rings. The predicted octanol–water partition coefficient (Wildman–Crippen LogP) is 2.69. The van der Waals surface area contributed by atoms with Crippen LogP contribution < -0.4 is 5.43 Å². The van der Waals surface area contributed by atoms with Crippen LogP contribution in [-0.4, -0.2) is 62.4 Å². The fourth-order valence-electron chi connectivity index (χ4n) is 2.91. The number of hydrazone groups is 1. The van der Waals surface area contributed by atoms with Gasteiger partial charge in [-0.3, -0.25) is 9.69 Å². The van der Waals surface area contributed by atoms with E-state index < -0.39 is 0 Å². The molecule has 0 atom stereocenters. The van der Waals surface area contributed by atoms with Crippen molar-refractivity contribution in [2.45, 2.75) is 19.8 Å². The fourth-order valence-corrected chi connectivity index (χ4v) is 2.91. The van der Waals surface area contributed by atoms with Gasteiger partial charge in [-0.25, -0.2) is 10.2 Å². The van der Waals surface area contributed by atoms with Crippen LogP contribution in [0.5, 0.6) is 0 Å². The number of carbonyl (C=O) groups is 2. The highest BCUT2D eigenvalue weighted by Gasteiger charge is 2.13. The van der Waals surface area contributed by atoms with E-state index in [1.807, 2.05) is 17.9 Å². The number of rotatable bonds is 9. The molecule has 1 amide bonds. The van der Waals surface area contributed by atoms with Gasteiger partial charge >= 0.3 is 5.97 Å². The Kier molecular flexibility index (Phi) is 8.17. The Labute approximate surface area is 175 Å². The van der Waals surface area contributed by atoms with Gasteiger partial charge in [0.05, 0.1) is 38.1 Å². The third-order valence-corrected chi connectivity index (χ3v) is 4.61. The van der Waals surface area contributed by atoms with Gasteiger partial charge in [0.2, 0.25) is 0 Å². The van der Waals surface area contributed by atoms with Gasteiger partial charge in [-0.15, -0.1) is 0 Å².